The zero-order valence-electron chi connectivity index (χ0n) is 12.8. The van der Waals surface area contributed by atoms with Crippen LogP contribution in [0.2, 0.25) is 0 Å². The molecule has 1 aliphatic heterocycles. The number of hydrogen-bond donors (Lipinski definition) is 0. The maximum Gasteiger partial charge on any atom is 0.200 e. The molecule has 0 N–H and O–H groups in total. The molecular formula is C18H21NO3. The zero-order chi connectivity index (χ0) is 15.8. The third-order valence-electron chi connectivity index (χ3n) is 3.25. The summed E-state index contributed by atoms with van der Waals surface area (Å²) in [5.74, 6) is 1.12. The zero-order valence-corrected chi connectivity index (χ0v) is 12.8. The van der Waals surface area contributed by atoms with Crippen LogP contribution in [0, 0.1) is 0 Å². The molecule has 2 rings (SSSR count). The van der Waals surface area contributed by atoms with Crippen molar-refractivity contribution in [3.05, 3.63) is 70.6 Å². The third kappa shape index (κ3) is 4.60. The summed E-state index contributed by atoms with van der Waals surface area (Å²) in [6.07, 6.45) is 11.2. The number of hydrogen-bond acceptors (Lipinski definition) is 4. The molecule has 1 aromatic rings. The fourth-order valence-electron chi connectivity index (χ4n) is 2.08. The van der Waals surface area contributed by atoms with E-state index >= 15 is 0 Å². The summed E-state index contributed by atoms with van der Waals surface area (Å²) in [4.78, 5) is 13.9. The van der Waals surface area contributed by atoms with Gasteiger partial charge in [0.2, 0.25) is 0 Å². The van der Waals surface area contributed by atoms with E-state index in [4.69, 9.17) is 9.15 Å². The largest absolute Gasteiger partial charge is 0.441 e. The topological polar surface area (TPSA) is 42.7 Å². The molecule has 4 heteroatoms. The van der Waals surface area contributed by atoms with E-state index in [1.807, 2.05) is 36.1 Å². The second kappa shape index (κ2) is 8.20. The van der Waals surface area contributed by atoms with Crippen LogP contribution in [0.5, 0.6) is 0 Å². The van der Waals surface area contributed by atoms with Gasteiger partial charge in [0.05, 0.1) is 13.2 Å². The molecule has 0 atom stereocenters. The van der Waals surface area contributed by atoms with Gasteiger partial charge in [-0.15, -0.1) is 0 Å². The van der Waals surface area contributed by atoms with Crippen LogP contribution >= 0.6 is 0 Å². The molecule has 1 fully saturated rings. The molecule has 0 saturated carbocycles. The minimum Gasteiger partial charge on any atom is -0.441 e. The van der Waals surface area contributed by atoms with Gasteiger partial charge in [-0.1, -0.05) is 37.0 Å². The summed E-state index contributed by atoms with van der Waals surface area (Å²) in [7, 11) is 0. The minimum atomic E-state index is -0.0648. The lowest BCUT2D eigenvalue weighted by atomic mass is 10.2. The van der Waals surface area contributed by atoms with Gasteiger partial charge in [0.25, 0.3) is 0 Å². The Balaban J connectivity index is 2.22. The Labute approximate surface area is 130 Å². The molecule has 0 spiro atoms. The van der Waals surface area contributed by atoms with Crippen molar-refractivity contribution in [1.82, 2.24) is 0 Å². The molecule has 0 radical (unpaired) electrons. The van der Waals surface area contributed by atoms with Crippen LogP contribution in [0.4, 0.5) is 5.88 Å². The maximum absolute atomic E-state index is 11.8. The third-order valence-corrected chi connectivity index (χ3v) is 3.25. The molecule has 0 aromatic carbocycles. The normalized spacial score (nSPS) is 16.6. The molecule has 116 valence electrons. The van der Waals surface area contributed by atoms with E-state index in [9.17, 15) is 4.79 Å². The highest BCUT2D eigenvalue weighted by molar-refractivity contribution is 5.52. The van der Waals surface area contributed by atoms with Crippen LogP contribution < -0.4 is 10.3 Å². The molecular weight excluding hydrogens is 278 g/mol. The van der Waals surface area contributed by atoms with Crippen LogP contribution in [0.15, 0.2) is 63.9 Å². The molecule has 4 nitrogen and oxygen atoms in total. The van der Waals surface area contributed by atoms with Crippen LogP contribution in [0.25, 0.3) is 6.08 Å². The highest BCUT2D eigenvalue weighted by atomic mass is 16.5. The monoisotopic (exact) mass is 299 g/mol. The number of morpholine rings is 1. The standard InChI is InChI=1S/C18H21NO3/c1-3-5-6-15(4-2)7-8-17-13-16(20)14-18(22-17)19-9-11-21-12-10-19/h3-8,13-14H,2,9-12H2,1H3/b5-3-,8-7+,15-6+. The summed E-state index contributed by atoms with van der Waals surface area (Å²) < 4.78 is 11.1. The van der Waals surface area contributed by atoms with Crippen molar-refractivity contribution in [1.29, 1.82) is 0 Å². The van der Waals surface area contributed by atoms with Crippen molar-refractivity contribution in [3.8, 4) is 0 Å². The van der Waals surface area contributed by atoms with E-state index in [0.717, 1.165) is 18.7 Å². The van der Waals surface area contributed by atoms with Gasteiger partial charge >= 0.3 is 0 Å². The average molecular weight is 299 g/mol. The highest BCUT2D eigenvalue weighted by Gasteiger charge is 2.14. The lowest BCUT2D eigenvalue weighted by molar-refractivity contribution is 0.120. The van der Waals surface area contributed by atoms with Gasteiger partial charge in [0, 0.05) is 25.2 Å². The predicted molar refractivity (Wildman–Crippen MR) is 90.1 cm³/mol. The molecule has 0 aliphatic carbocycles. The van der Waals surface area contributed by atoms with E-state index in [2.05, 4.69) is 6.58 Å². The van der Waals surface area contributed by atoms with Crippen LogP contribution in [0.1, 0.15) is 12.7 Å². The number of ether oxygens (including phenoxy) is 1. The first kappa shape index (κ1) is 16.0. The van der Waals surface area contributed by atoms with Gasteiger partial charge in [0.1, 0.15) is 5.76 Å². The Morgan fingerprint density at radius 1 is 1.32 bits per heavy atom. The first-order valence-corrected chi connectivity index (χ1v) is 7.34. The number of allylic oxidation sites excluding steroid dienone is 6. The van der Waals surface area contributed by atoms with Crippen molar-refractivity contribution in [2.45, 2.75) is 6.92 Å². The van der Waals surface area contributed by atoms with E-state index in [0.29, 0.717) is 24.9 Å². The molecule has 1 aromatic heterocycles. The summed E-state index contributed by atoms with van der Waals surface area (Å²) in [5, 5.41) is 0. The summed E-state index contributed by atoms with van der Waals surface area (Å²) in [6, 6.07) is 3.00. The van der Waals surface area contributed by atoms with E-state index in [1.54, 1.807) is 12.2 Å². The van der Waals surface area contributed by atoms with Crippen molar-refractivity contribution < 1.29 is 9.15 Å². The lowest BCUT2D eigenvalue weighted by Crippen LogP contribution is -2.36. The van der Waals surface area contributed by atoms with Gasteiger partial charge in [-0.3, -0.25) is 4.79 Å². The predicted octanol–water partition coefficient (Wildman–Crippen LogP) is 3.18. The van der Waals surface area contributed by atoms with Gasteiger partial charge in [-0.2, -0.15) is 0 Å². The first-order valence-electron chi connectivity index (χ1n) is 7.34. The molecule has 1 saturated heterocycles. The number of anilines is 1. The Bertz CT molecular complexity index is 647. The summed E-state index contributed by atoms with van der Waals surface area (Å²) >= 11 is 0. The fourth-order valence-corrected chi connectivity index (χ4v) is 2.08. The van der Waals surface area contributed by atoms with Crippen LogP contribution in [-0.2, 0) is 4.74 Å². The smallest absolute Gasteiger partial charge is 0.200 e. The summed E-state index contributed by atoms with van der Waals surface area (Å²) in [6.45, 7) is 8.48. The second-order valence-corrected chi connectivity index (χ2v) is 4.86. The van der Waals surface area contributed by atoms with Crippen LogP contribution in [0.3, 0.4) is 0 Å². The van der Waals surface area contributed by atoms with Crippen molar-refractivity contribution in [2.24, 2.45) is 0 Å². The second-order valence-electron chi connectivity index (χ2n) is 4.86. The fraction of sp³-hybridized carbons (Fsp3) is 0.278. The molecule has 0 bridgehead atoms. The number of nitrogens with zero attached hydrogens (tertiary/aromatic N) is 1. The van der Waals surface area contributed by atoms with Crippen molar-refractivity contribution in [2.75, 3.05) is 31.2 Å². The maximum atomic E-state index is 11.8. The average Bonchev–Trinajstić information content (AvgIpc) is 2.55. The van der Waals surface area contributed by atoms with Gasteiger partial charge < -0.3 is 14.1 Å². The Morgan fingerprint density at radius 2 is 2.09 bits per heavy atom. The van der Waals surface area contributed by atoms with E-state index < -0.39 is 0 Å². The lowest BCUT2D eigenvalue weighted by Gasteiger charge is -2.27. The van der Waals surface area contributed by atoms with Crippen molar-refractivity contribution in [3.63, 3.8) is 0 Å². The Morgan fingerprint density at radius 3 is 2.77 bits per heavy atom. The summed E-state index contributed by atoms with van der Waals surface area (Å²) in [5.41, 5.74) is 0.877. The van der Waals surface area contributed by atoms with E-state index in [1.165, 1.54) is 12.1 Å². The van der Waals surface area contributed by atoms with Gasteiger partial charge in [-0.25, -0.2) is 0 Å². The quantitative estimate of drug-likeness (QED) is 0.783. The Hall–Kier alpha value is -2.33. The number of rotatable bonds is 5. The first-order chi connectivity index (χ1) is 10.7. The Kier molecular flexibility index (Phi) is 5.98. The minimum absolute atomic E-state index is 0.0648. The van der Waals surface area contributed by atoms with E-state index in [-0.39, 0.29) is 5.43 Å². The molecule has 1 aliphatic rings. The van der Waals surface area contributed by atoms with Crippen molar-refractivity contribution >= 4 is 12.0 Å². The molecule has 2 heterocycles. The van der Waals surface area contributed by atoms with Gasteiger partial charge in [0.15, 0.2) is 11.3 Å². The molecule has 0 unspecified atom stereocenters. The molecule has 22 heavy (non-hydrogen) atoms. The molecule has 0 amide bonds. The highest BCUT2D eigenvalue weighted by Crippen LogP contribution is 2.16. The SMILES string of the molecule is C=CC(/C=C/c1cc(=O)cc(N2CCOCC2)o1)=C\C=C/C. The van der Waals surface area contributed by atoms with Crippen LogP contribution in [-0.4, -0.2) is 26.3 Å². The van der Waals surface area contributed by atoms with Gasteiger partial charge in [-0.05, 0) is 18.6 Å².